The van der Waals surface area contributed by atoms with Crippen LogP contribution in [0.15, 0.2) is 24.3 Å². The largest absolute Gasteiger partial charge is 0.466 e. The highest BCUT2D eigenvalue weighted by Gasteiger charge is 2.02. The zero-order valence-electron chi connectivity index (χ0n) is 27.5. The van der Waals surface area contributed by atoms with Gasteiger partial charge in [0, 0.05) is 6.42 Å². The second-order valence-electron chi connectivity index (χ2n) is 12.2. The fourth-order valence-corrected chi connectivity index (χ4v) is 5.34. The van der Waals surface area contributed by atoms with Crippen molar-refractivity contribution in [2.45, 2.75) is 206 Å². The van der Waals surface area contributed by atoms with Crippen molar-refractivity contribution in [3.63, 3.8) is 0 Å². The summed E-state index contributed by atoms with van der Waals surface area (Å²) in [6.07, 6.45) is 48.1. The Kier molecular flexibility index (Phi) is 35.0. The van der Waals surface area contributed by atoms with Gasteiger partial charge >= 0.3 is 5.97 Å². The number of allylic oxidation sites excluding steroid dienone is 4. The zero-order chi connectivity index (χ0) is 29.0. The fraction of sp³-hybridized carbons (Fsp3) is 0.868. The Bertz CT molecular complexity index is 536. The smallest absolute Gasteiger partial charge is 0.305 e. The lowest BCUT2D eigenvalue weighted by Crippen LogP contribution is -2.05. The number of carbonyl (C=O) groups excluding carboxylic acids is 1. The van der Waals surface area contributed by atoms with Crippen LogP contribution in [0.1, 0.15) is 206 Å². The van der Waals surface area contributed by atoms with E-state index in [4.69, 9.17) is 4.74 Å². The van der Waals surface area contributed by atoms with Gasteiger partial charge in [0.1, 0.15) is 0 Å². The maximum atomic E-state index is 11.9. The Balaban J connectivity index is 3.21. The summed E-state index contributed by atoms with van der Waals surface area (Å²) in [5.74, 6) is 0.0172. The van der Waals surface area contributed by atoms with Crippen LogP contribution in [-0.4, -0.2) is 12.6 Å². The fourth-order valence-electron chi connectivity index (χ4n) is 5.34. The van der Waals surface area contributed by atoms with Crippen molar-refractivity contribution in [1.82, 2.24) is 0 Å². The van der Waals surface area contributed by atoms with E-state index in [1.807, 2.05) is 0 Å². The number of ether oxygens (including phenoxy) is 1. The van der Waals surface area contributed by atoms with E-state index in [0.29, 0.717) is 13.0 Å². The topological polar surface area (TPSA) is 26.3 Å². The molecule has 0 aromatic carbocycles. The number of carbonyl (C=O) groups is 1. The van der Waals surface area contributed by atoms with E-state index in [2.05, 4.69) is 38.2 Å². The average molecular weight is 561 g/mol. The molecule has 236 valence electrons. The minimum atomic E-state index is 0.0172. The van der Waals surface area contributed by atoms with Gasteiger partial charge in [0.15, 0.2) is 0 Å². The van der Waals surface area contributed by atoms with Crippen LogP contribution in [0, 0.1) is 0 Å². The summed E-state index contributed by atoms with van der Waals surface area (Å²) in [7, 11) is 0. The van der Waals surface area contributed by atoms with Gasteiger partial charge in [-0.3, -0.25) is 4.79 Å². The molecule has 0 aromatic rings. The average Bonchev–Trinajstić information content (AvgIpc) is 2.96. The maximum absolute atomic E-state index is 11.9. The standard InChI is InChI=1S/C38H72O2/c1-3-5-7-9-11-13-15-17-19-21-22-24-26-28-30-32-34-36-38(39)40-37-35-33-31-29-27-25-23-20-18-16-14-12-10-8-6-4-2/h12,14,18,20H,3-11,13,15-17,19,21-37H2,1-2H3/b14-12-,20-18+. The van der Waals surface area contributed by atoms with Crippen molar-refractivity contribution in [3.05, 3.63) is 24.3 Å². The first kappa shape index (κ1) is 39.0. The minimum absolute atomic E-state index is 0.0172. The van der Waals surface area contributed by atoms with E-state index in [1.54, 1.807) is 0 Å². The molecule has 0 aliphatic heterocycles. The number of esters is 1. The monoisotopic (exact) mass is 561 g/mol. The van der Waals surface area contributed by atoms with Gasteiger partial charge in [-0.2, -0.15) is 0 Å². The van der Waals surface area contributed by atoms with E-state index in [1.165, 1.54) is 167 Å². The summed E-state index contributed by atoms with van der Waals surface area (Å²) >= 11 is 0. The molecule has 0 rings (SSSR count). The van der Waals surface area contributed by atoms with Crippen molar-refractivity contribution in [2.75, 3.05) is 6.61 Å². The molecule has 0 N–H and O–H groups in total. The molecule has 0 atom stereocenters. The predicted molar refractivity (Wildman–Crippen MR) is 179 cm³/mol. The Labute approximate surface area is 252 Å². The molecule has 40 heavy (non-hydrogen) atoms. The van der Waals surface area contributed by atoms with E-state index in [9.17, 15) is 4.79 Å². The molecule has 0 saturated heterocycles. The molecule has 2 heteroatoms. The molecular formula is C38H72O2. The Morgan fingerprint density at radius 3 is 1.25 bits per heavy atom. The van der Waals surface area contributed by atoms with Gasteiger partial charge in [-0.15, -0.1) is 0 Å². The van der Waals surface area contributed by atoms with Crippen molar-refractivity contribution in [2.24, 2.45) is 0 Å². The SMILES string of the molecule is CCCCC/C=C\C/C=C/CCCCCCCCOC(=O)CCCCCCCCCCCCCCCCCCC. The summed E-state index contributed by atoms with van der Waals surface area (Å²) in [6, 6.07) is 0. The Hall–Kier alpha value is -1.05. The molecule has 2 nitrogen and oxygen atoms in total. The van der Waals surface area contributed by atoms with E-state index >= 15 is 0 Å². The first-order chi connectivity index (χ1) is 19.8. The molecule has 0 spiro atoms. The first-order valence-electron chi connectivity index (χ1n) is 18.3. The van der Waals surface area contributed by atoms with Gasteiger partial charge < -0.3 is 4.74 Å². The van der Waals surface area contributed by atoms with Crippen LogP contribution in [0.5, 0.6) is 0 Å². The highest BCUT2D eigenvalue weighted by atomic mass is 16.5. The summed E-state index contributed by atoms with van der Waals surface area (Å²) in [5.41, 5.74) is 0. The molecule has 0 fully saturated rings. The molecule has 0 heterocycles. The molecule has 0 saturated carbocycles. The zero-order valence-corrected chi connectivity index (χ0v) is 27.5. The van der Waals surface area contributed by atoms with Crippen LogP contribution in [0.3, 0.4) is 0 Å². The minimum Gasteiger partial charge on any atom is -0.466 e. The third-order valence-electron chi connectivity index (χ3n) is 8.09. The van der Waals surface area contributed by atoms with Gasteiger partial charge in [-0.1, -0.05) is 179 Å². The van der Waals surface area contributed by atoms with Crippen LogP contribution in [-0.2, 0) is 9.53 Å². The lowest BCUT2D eigenvalue weighted by molar-refractivity contribution is -0.143. The number of unbranched alkanes of at least 4 members (excludes halogenated alkanes) is 25. The molecule has 0 unspecified atom stereocenters. The summed E-state index contributed by atoms with van der Waals surface area (Å²) < 4.78 is 5.44. The van der Waals surface area contributed by atoms with E-state index in [0.717, 1.165) is 19.3 Å². The second-order valence-corrected chi connectivity index (χ2v) is 12.2. The van der Waals surface area contributed by atoms with Crippen molar-refractivity contribution < 1.29 is 9.53 Å². The number of rotatable bonds is 33. The molecular weight excluding hydrogens is 488 g/mol. The second kappa shape index (κ2) is 36.0. The molecule has 0 radical (unpaired) electrons. The van der Waals surface area contributed by atoms with Gasteiger partial charge in [-0.05, 0) is 44.9 Å². The third kappa shape index (κ3) is 35.0. The van der Waals surface area contributed by atoms with Crippen molar-refractivity contribution in [1.29, 1.82) is 0 Å². The maximum Gasteiger partial charge on any atom is 0.305 e. The van der Waals surface area contributed by atoms with E-state index < -0.39 is 0 Å². The summed E-state index contributed by atoms with van der Waals surface area (Å²) in [5, 5.41) is 0. The summed E-state index contributed by atoms with van der Waals surface area (Å²) in [4.78, 5) is 11.9. The van der Waals surface area contributed by atoms with E-state index in [-0.39, 0.29) is 5.97 Å². The number of hydrogen-bond acceptors (Lipinski definition) is 2. The Morgan fingerprint density at radius 2 is 0.775 bits per heavy atom. The van der Waals surface area contributed by atoms with Gasteiger partial charge in [0.2, 0.25) is 0 Å². The summed E-state index contributed by atoms with van der Waals surface area (Å²) in [6.45, 7) is 5.17. The first-order valence-corrected chi connectivity index (χ1v) is 18.3. The quantitative estimate of drug-likeness (QED) is 0.0453. The molecule has 0 bridgehead atoms. The van der Waals surface area contributed by atoms with Crippen molar-refractivity contribution >= 4 is 5.97 Å². The van der Waals surface area contributed by atoms with Crippen LogP contribution < -0.4 is 0 Å². The normalized spacial score (nSPS) is 11.8. The van der Waals surface area contributed by atoms with Crippen LogP contribution >= 0.6 is 0 Å². The molecule has 0 aliphatic carbocycles. The number of hydrogen-bond donors (Lipinski definition) is 0. The van der Waals surface area contributed by atoms with Crippen LogP contribution in [0.25, 0.3) is 0 Å². The van der Waals surface area contributed by atoms with Gasteiger partial charge in [0.05, 0.1) is 6.61 Å². The van der Waals surface area contributed by atoms with Gasteiger partial charge in [0.25, 0.3) is 0 Å². The molecule has 0 aromatic heterocycles. The van der Waals surface area contributed by atoms with Gasteiger partial charge in [-0.25, -0.2) is 0 Å². The molecule has 0 aliphatic rings. The lowest BCUT2D eigenvalue weighted by Gasteiger charge is -2.05. The predicted octanol–water partition coefficient (Wildman–Crippen LogP) is 13.4. The highest BCUT2D eigenvalue weighted by Crippen LogP contribution is 2.15. The Morgan fingerprint density at radius 1 is 0.425 bits per heavy atom. The third-order valence-corrected chi connectivity index (χ3v) is 8.09. The van der Waals surface area contributed by atoms with Crippen LogP contribution in [0.2, 0.25) is 0 Å². The highest BCUT2D eigenvalue weighted by molar-refractivity contribution is 5.69. The van der Waals surface area contributed by atoms with Crippen molar-refractivity contribution in [3.8, 4) is 0 Å². The van der Waals surface area contributed by atoms with Crippen LogP contribution in [0.4, 0.5) is 0 Å². The lowest BCUT2D eigenvalue weighted by atomic mass is 10.0. The molecule has 0 amide bonds.